The van der Waals surface area contributed by atoms with Gasteiger partial charge in [0.05, 0.1) is 5.92 Å². The molecule has 6 nitrogen and oxygen atoms in total. The van der Waals surface area contributed by atoms with Crippen LogP contribution in [-0.4, -0.2) is 35.0 Å². The molecule has 2 N–H and O–H groups in total. The van der Waals surface area contributed by atoms with Crippen LogP contribution in [0.4, 0.5) is 0 Å². The number of carbonyl (C=O) groups excluding carboxylic acids is 2. The lowest BCUT2D eigenvalue weighted by atomic mass is 9.89. The maximum Gasteiger partial charge on any atom is 0.310 e. The molecule has 0 aromatic carbocycles. The maximum absolute atomic E-state index is 11.8. The molecular formula is C11H15NO5. The molecule has 17 heavy (non-hydrogen) atoms. The number of rotatable bonds is 4. The number of nitrogens with one attached hydrogen (secondary N) is 1. The van der Waals surface area contributed by atoms with Gasteiger partial charge in [-0.05, 0) is 20.8 Å². The highest BCUT2D eigenvalue weighted by Gasteiger charge is 2.44. The van der Waals surface area contributed by atoms with Crippen molar-refractivity contribution in [2.45, 2.75) is 26.5 Å². The second kappa shape index (κ2) is 4.67. The van der Waals surface area contributed by atoms with Crippen molar-refractivity contribution in [2.75, 3.05) is 6.61 Å². The first-order chi connectivity index (χ1) is 7.83. The van der Waals surface area contributed by atoms with E-state index in [-0.39, 0.29) is 12.2 Å². The van der Waals surface area contributed by atoms with E-state index in [4.69, 9.17) is 9.84 Å². The molecule has 0 saturated carbocycles. The molecule has 0 amide bonds. The average molecular weight is 241 g/mol. The number of carboxylic acid groups (broad SMARTS) is 1. The van der Waals surface area contributed by atoms with E-state index in [0.717, 1.165) is 0 Å². The maximum atomic E-state index is 11.8. The molecule has 0 aliphatic carbocycles. The Morgan fingerprint density at radius 2 is 2.18 bits per heavy atom. The van der Waals surface area contributed by atoms with Crippen LogP contribution in [0.1, 0.15) is 20.8 Å². The van der Waals surface area contributed by atoms with E-state index in [2.05, 4.69) is 5.32 Å². The summed E-state index contributed by atoms with van der Waals surface area (Å²) in [6.45, 7) is 4.75. The molecule has 94 valence electrons. The molecule has 2 atom stereocenters. The van der Waals surface area contributed by atoms with E-state index in [0.29, 0.717) is 0 Å². The lowest BCUT2D eigenvalue weighted by Crippen LogP contribution is -2.56. The Bertz CT molecular complexity index is 401. The molecule has 1 heterocycles. The Balaban J connectivity index is 3.03. The molecule has 0 bridgehead atoms. The summed E-state index contributed by atoms with van der Waals surface area (Å²) in [7, 11) is 0. The van der Waals surface area contributed by atoms with Crippen LogP contribution in [0.2, 0.25) is 0 Å². The van der Waals surface area contributed by atoms with Crippen LogP contribution in [-0.2, 0) is 19.1 Å². The van der Waals surface area contributed by atoms with Crippen molar-refractivity contribution in [1.82, 2.24) is 5.32 Å². The number of ether oxygens (including phenoxy) is 1. The zero-order valence-corrected chi connectivity index (χ0v) is 9.94. The quantitative estimate of drug-likeness (QED) is 0.677. The summed E-state index contributed by atoms with van der Waals surface area (Å²) in [5.41, 5.74) is -1.45. The highest BCUT2D eigenvalue weighted by Crippen LogP contribution is 2.22. The van der Waals surface area contributed by atoms with Crippen LogP contribution in [0.5, 0.6) is 0 Å². The van der Waals surface area contributed by atoms with Gasteiger partial charge in [0.15, 0.2) is 0 Å². The van der Waals surface area contributed by atoms with Crippen molar-refractivity contribution in [2.24, 2.45) is 5.92 Å². The Hall–Kier alpha value is -1.69. The number of Topliss-reactive ketones (excluding diaryl/α,β-unsaturated/α-hetero) is 2. The molecule has 1 aliphatic heterocycles. The van der Waals surface area contributed by atoms with Gasteiger partial charge in [-0.2, -0.15) is 0 Å². The number of hydrogen-bond donors (Lipinski definition) is 2. The van der Waals surface area contributed by atoms with Crippen LogP contribution >= 0.6 is 0 Å². The third kappa shape index (κ3) is 2.36. The van der Waals surface area contributed by atoms with Crippen molar-refractivity contribution in [3.63, 3.8) is 0 Å². The van der Waals surface area contributed by atoms with Crippen LogP contribution in [0.3, 0.4) is 0 Å². The fourth-order valence-corrected chi connectivity index (χ4v) is 1.54. The Morgan fingerprint density at radius 1 is 1.59 bits per heavy atom. The van der Waals surface area contributed by atoms with Gasteiger partial charge in [0.25, 0.3) is 5.78 Å². The number of carbonyl (C=O) groups is 3. The van der Waals surface area contributed by atoms with E-state index in [1.54, 1.807) is 6.92 Å². The molecule has 0 spiro atoms. The van der Waals surface area contributed by atoms with E-state index < -0.39 is 29.2 Å². The van der Waals surface area contributed by atoms with Gasteiger partial charge in [-0.15, -0.1) is 0 Å². The normalized spacial score (nSPS) is 26.2. The molecule has 2 unspecified atom stereocenters. The predicted octanol–water partition coefficient (Wildman–Crippen LogP) is 0.0851. The molecular weight excluding hydrogens is 226 g/mol. The number of carboxylic acids is 1. The monoisotopic (exact) mass is 241 g/mol. The van der Waals surface area contributed by atoms with Gasteiger partial charge in [0, 0.05) is 18.4 Å². The number of aliphatic carboxylic acids is 1. The van der Waals surface area contributed by atoms with Crippen molar-refractivity contribution >= 4 is 17.5 Å². The van der Waals surface area contributed by atoms with Gasteiger partial charge in [0.1, 0.15) is 0 Å². The fourth-order valence-electron chi connectivity index (χ4n) is 1.54. The van der Waals surface area contributed by atoms with Crippen molar-refractivity contribution < 1.29 is 24.2 Å². The molecule has 0 saturated heterocycles. The van der Waals surface area contributed by atoms with Crippen LogP contribution in [0, 0.1) is 5.92 Å². The molecule has 0 radical (unpaired) electrons. The lowest BCUT2D eigenvalue weighted by Gasteiger charge is -2.32. The molecule has 1 rings (SSSR count). The van der Waals surface area contributed by atoms with Crippen LogP contribution < -0.4 is 5.32 Å². The second-order valence-electron chi connectivity index (χ2n) is 3.93. The minimum Gasteiger partial charge on any atom is -0.481 e. The van der Waals surface area contributed by atoms with E-state index >= 15 is 0 Å². The summed E-state index contributed by atoms with van der Waals surface area (Å²) < 4.78 is 5.17. The van der Waals surface area contributed by atoms with Gasteiger partial charge < -0.3 is 15.2 Å². The Morgan fingerprint density at radius 3 is 2.65 bits per heavy atom. The van der Waals surface area contributed by atoms with Gasteiger partial charge in [0.2, 0.25) is 11.5 Å². The van der Waals surface area contributed by atoms with E-state index in [1.807, 2.05) is 0 Å². The predicted molar refractivity (Wildman–Crippen MR) is 58.1 cm³/mol. The molecule has 0 fully saturated rings. The summed E-state index contributed by atoms with van der Waals surface area (Å²) in [5.74, 6) is -3.76. The van der Waals surface area contributed by atoms with Gasteiger partial charge in [-0.1, -0.05) is 0 Å². The summed E-state index contributed by atoms with van der Waals surface area (Å²) >= 11 is 0. The third-order valence-electron chi connectivity index (χ3n) is 2.67. The average Bonchev–Trinajstić information content (AvgIpc) is 2.26. The summed E-state index contributed by atoms with van der Waals surface area (Å²) in [4.78, 5) is 34.3. The molecule has 0 aromatic rings. The van der Waals surface area contributed by atoms with Crippen molar-refractivity contribution in [3.8, 4) is 0 Å². The zero-order chi connectivity index (χ0) is 13.2. The van der Waals surface area contributed by atoms with E-state index in [1.165, 1.54) is 20.0 Å². The summed E-state index contributed by atoms with van der Waals surface area (Å²) in [6.07, 6.45) is 1.25. The number of ketones is 2. The van der Waals surface area contributed by atoms with Crippen molar-refractivity contribution in [3.05, 3.63) is 11.8 Å². The van der Waals surface area contributed by atoms with Crippen LogP contribution in [0.25, 0.3) is 0 Å². The summed E-state index contributed by atoms with van der Waals surface area (Å²) in [6, 6.07) is 0. The zero-order valence-electron chi connectivity index (χ0n) is 9.94. The smallest absolute Gasteiger partial charge is 0.310 e. The van der Waals surface area contributed by atoms with E-state index in [9.17, 15) is 14.4 Å². The SMILES string of the molecule is CCOC1(C)NC=C(C(C)C(=O)O)C(=O)C1=O. The fraction of sp³-hybridized carbons (Fsp3) is 0.545. The van der Waals surface area contributed by atoms with Crippen molar-refractivity contribution in [1.29, 1.82) is 0 Å². The van der Waals surface area contributed by atoms with Crippen LogP contribution in [0.15, 0.2) is 11.8 Å². The molecule has 0 aromatic heterocycles. The Kier molecular flexibility index (Phi) is 3.67. The lowest BCUT2D eigenvalue weighted by molar-refractivity contribution is -0.154. The largest absolute Gasteiger partial charge is 0.481 e. The minimum absolute atomic E-state index is 0.0559. The number of hydrogen-bond acceptors (Lipinski definition) is 5. The first-order valence-electron chi connectivity index (χ1n) is 5.27. The topological polar surface area (TPSA) is 92.7 Å². The minimum atomic E-state index is -1.40. The standard InChI is InChI=1S/C11H15NO5/c1-4-17-11(3)9(14)8(13)7(5-12-11)6(2)10(15)16/h5-6,12H,4H2,1-3H3,(H,15,16). The highest BCUT2D eigenvalue weighted by atomic mass is 16.5. The first-order valence-corrected chi connectivity index (χ1v) is 5.27. The Labute approximate surface area is 98.6 Å². The second-order valence-corrected chi connectivity index (χ2v) is 3.93. The third-order valence-corrected chi connectivity index (χ3v) is 2.67. The first kappa shape index (κ1) is 13.4. The molecule has 6 heteroatoms. The van der Waals surface area contributed by atoms with Gasteiger partial charge in [-0.25, -0.2) is 0 Å². The van der Waals surface area contributed by atoms with Gasteiger partial charge >= 0.3 is 5.97 Å². The summed E-state index contributed by atoms with van der Waals surface area (Å²) in [5, 5.41) is 11.5. The molecule has 1 aliphatic rings. The highest BCUT2D eigenvalue weighted by molar-refractivity contribution is 6.47. The van der Waals surface area contributed by atoms with Gasteiger partial charge in [-0.3, -0.25) is 14.4 Å².